The van der Waals surface area contributed by atoms with E-state index in [1.54, 1.807) is 53.6 Å². The summed E-state index contributed by atoms with van der Waals surface area (Å²) in [5.41, 5.74) is 1.39. The highest BCUT2D eigenvalue weighted by Crippen LogP contribution is 2.19. The van der Waals surface area contributed by atoms with Crippen molar-refractivity contribution in [2.75, 3.05) is 6.26 Å². The van der Waals surface area contributed by atoms with Gasteiger partial charge in [0.05, 0.1) is 19.1 Å². The maximum atomic E-state index is 13.0. The quantitative estimate of drug-likeness (QED) is 0.490. The lowest BCUT2D eigenvalue weighted by molar-refractivity contribution is 0.0717. The van der Waals surface area contributed by atoms with Crippen molar-refractivity contribution in [3.8, 4) is 5.75 Å². The SMILES string of the molecule is CS(=O)(=O)Oc1ccc(CN(Cc2ccco2)C(=O)c2ccc(Br)cc2)cc1. The van der Waals surface area contributed by atoms with Crippen molar-refractivity contribution >= 4 is 32.0 Å². The third-order valence-electron chi connectivity index (χ3n) is 3.85. The molecule has 0 saturated carbocycles. The smallest absolute Gasteiger partial charge is 0.306 e. The third kappa shape index (κ3) is 5.71. The first-order chi connectivity index (χ1) is 13.3. The molecule has 3 rings (SSSR count). The van der Waals surface area contributed by atoms with E-state index in [9.17, 15) is 13.2 Å². The fourth-order valence-corrected chi connectivity index (χ4v) is 3.34. The van der Waals surface area contributed by atoms with Gasteiger partial charge in [0.1, 0.15) is 11.5 Å². The molecule has 0 N–H and O–H groups in total. The van der Waals surface area contributed by atoms with Crippen LogP contribution in [0.2, 0.25) is 0 Å². The molecule has 0 unspecified atom stereocenters. The topological polar surface area (TPSA) is 76.8 Å². The largest absolute Gasteiger partial charge is 0.467 e. The monoisotopic (exact) mass is 463 g/mol. The Morgan fingerprint density at radius 3 is 2.29 bits per heavy atom. The fourth-order valence-electron chi connectivity index (χ4n) is 2.61. The molecule has 2 aromatic carbocycles. The zero-order valence-corrected chi connectivity index (χ0v) is 17.4. The molecule has 146 valence electrons. The second-order valence-electron chi connectivity index (χ2n) is 6.18. The van der Waals surface area contributed by atoms with Crippen LogP contribution in [0.25, 0.3) is 0 Å². The first kappa shape index (κ1) is 20.2. The summed E-state index contributed by atoms with van der Waals surface area (Å²) in [5, 5.41) is 0. The van der Waals surface area contributed by atoms with E-state index in [2.05, 4.69) is 15.9 Å². The predicted molar refractivity (Wildman–Crippen MR) is 108 cm³/mol. The Morgan fingerprint density at radius 1 is 1.04 bits per heavy atom. The van der Waals surface area contributed by atoms with E-state index in [-0.39, 0.29) is 11.7 Å². The summed E-state index contributed by atoms with van der Waals surface area (Å²) in [7, 11) is -3.58. The minimum Gasteiger partial charge on any atom is -0.467 e. The van der Waals surface area contributed by atoms with Crippen LogP contribution in [0.3, 0.4) is 0 Å². The third-order valence-corrected chi connectivity index (χ3v) is 4.87. The van der Waals surface area contributed by atoms with E-state index in [0.29, 0.717) is 24.4 Å². The highest BCUT2D eigenvalue weighted by atomic mass is 79.9. The molecule has 0 saturated heterocycles. The number of halogens is 1. The van der Waals surface area contributed by atoms with Crippen LogP contribution in [0.5, 0.6) is 5.75 Å². The van der Waals surface area contributed by atoms with Gasteiger partial charge in [0.2, 0.25) is 0 Å². The number of amides is 1. The van der Waals surface area contributed by atoms with Gasteiger partial charge in [-0.15, -0.1) is 0 Å². The van der Waals surface area contributed by atoms with Crippen molar-refractivity contribution in [3.63, 3.8) is 0 Å². The number of rotatable bonds is 7. The van der Waals surface area contributed by atoms with E-state index in [0.717, 1.165) is 16.3 Å². The van der Waals surface area contributed by atoms with E-state index in [1.807, 2.05) is 18.2 Å². The van der Waals surface area contributed by atoms with E-state index in [1.165, 1.54) is 0 Å². The summed E-state index contributed by atoms with van der Waals surface area (Å²) >= 11 is 3.37. The summed E-state index contributed by atoms with van der Waals surface area (Å²) in [6, 6.07) is 17.3. The summed E-state index contributed by atoms with van der Waals surface area (Å²) in [6.45, 7) is 0.637. The van der Waals surface area contributed by atoms with Crippen LogP contribution in [0.1, 0.15) is 21.7 Å². The number of hydrogen-bond acceptors (Lipinski definition) is 5. The molecule has 0 aliphatic carbocycles. The average molecular weight is 464 g/mol. The fraction of sp³-hybridized carbons (Fsp3) is 0.150. The Labute approximate surface area is 172 Å². The lowest BCUT2D eigenvalue weighted by atomic mass is 10.1. The van der Waals surface area contributed by atoms with Crippen molar-refractivity contribution in [2.45, 2.75) is 13.1 Å². The summed E-state index contributed by atoms with van der Waals surface area (Å²) in [6.07, 6.45) is 2.55. The van der Waals surface area contributed by atoms with Gasteiger partial charge in [-0.2, -0.15) is 8.42 Å². The number of furan rings is 1. The van der Waals surface area contributed by atoms with Crippen molar-refractivity contribution in [1.29, 1.82) is 0 Å². The number of benzene rings is 2. The minimum absolute atomic E-state index is 0.139. The Bertz CT molecular complexity index is 1030. The zero-order valence-electron chi connectivity index (χ0n) is 15.0. The molecule has 0 aliphatic rings. The van der Waals surface area contributed by atoms with Crippen LogP contribution in [0.15, 0.2) is 75.8 Å². The maximum absolute atomic E-state index is 13.0. The Morgan fingerprint density at radius 2 is 1.71 bits per heavy atom. The molecule has 1 aromatic heterocycles. The standard InChI is InChI=1S/C20H18BrNO5S/c1-28(24,25)27-18-10-4-15(5-11-18)13-22(14-19-3-2-12-26-19)20(23)16-6-8-17(21)9-7-16/h2-12H,13-14H2,1H3. The van der Waals surface area contributed by atoms with E-state index in [4.69, 9.17) is 8.60 Å². The van der Waals surface area contributed by atoms with Crippen LogP contribution in [0, 0.1) is 0 Å². The van der Waals surface area contributed by atoms with Gasteiger partial charge in [-0.25, -0.2) is 0 Å². The van der Waals surface area contributed by atoms with Crippen LogP contribution < -0.4 is 4.18 Å². The zero-order chi connectivity index (χ0) is 20.1. The van der Waals surface area contributed by atoms with Gasteiger partial charge in [-0.1, -0.05) is 28.1 Å². The Kier molecular flexibility index (Phi) is 6.21. The van der Waals surface area contributed by atoms with Crippen LogP contribution in [0.4, 0.5) is 0 Å². The molecule has 0 aliphatic heterocycles. The van der Waals surface area contributed by atoms with Gasteiger partial charge in [0.15, 0.2) is 0 Å². The molecule has 8 heteroatoms. The summed E-state index contributed by atoms with van der Waals surface area (Å²) < 4.78 is 33.6. The van der Waals surface area contributed by atoms with Crippen molar-refractivity contribution in [3.05, 3.63) is 88.3 Å². The molecular formula is C20H18BrNO5S. The van der Waals surface area contributed by atoms with Gasteiger partial charge in [-0.05, 0) is 54.1 Å². The number of hydrogen-bond donors (Lipinski definition) is 0. The lowest BCUT2D eigenvalue weighted by Crippen LogP contribution is -2.30. The summed E-state index contributed by atoms with van der Waals surface area (Å²) in [5.74, 6) is 0.755. The number of carbonyl (C=O) groups is 1. The first-order valence-corrected chi connectivity index (χ1v) is 11.0. The molecule has 0 radical (unpaired) electrons. The van der Waals surface area contributed by atoms with Gasteiger partial charge in [-0.3, -0.25) is 4.79 Å². The second kappa shape index (κ2) is 8.62. The highest BCUT2D eigenvalue weighted by Gasteiger charge is 2.18. The molecule has 6 nitrogen and oxygen atoms in total. The van der Waals surface area contributed by atoms with E-state index < -0.39 is 10.1 Å². The lowest BCUT2D eigenvalue weighted by Gasteiger charge is -2.22. The molecule has 3 aromatic rings. The summed E-state index contributed by atoms with van der Waals surface area (Å²) in [4.78, 5) is 14.7. The molecule has 0 atom stereocenters. The molecule has 0 bridgehead atoms. The van der Waals surface area contributed by atoms with Crippen LogP contribution in [-0.4, -0.2) is 25.5 Å². The normalized spacial score (nSPS) is 11.2. The highest BCUT2D eigenvalue weighted by molar-refractivity contribution is 9.10. The van der Waals surface area contributed by atoms with Gasteiger partial charge >= 0.3 is 10.1 Å². The van der Waals surface area contributed by atoms with Crippen LogP contribution >= 0.6 is 15.9 Å². The molecule has 0 spiro atoms. The second-order valence-corrected chi connectivity index (χ2v) is 8.67. The number of carbonyl (C=O) groups excluding carboxylic acids is 1. The van der Waals surface area contributed by atoms with Gasteiger partial charge in [0.25, 0.3) is 5.91 Å². The van der Waals surface area contributed by atoms with Crippen molar-refractivity contribution < 1.29 is 21.8 Å². The molecule has 1 heterocycles. The van der Waals surface area contributed by atoms with Crippen molar-refractivity contribution in [2.24, 2.45) is 0 Å². The Balaban J connectivity index is 1.80. The van der Waals surface area contributed by atoms with Gasteiger partial charge < -0.3 is 13.5 Å². The number of nitrogens with zero attached hydrogens (tertiary/aromatic N) is 1. The first-order valence-electron chi connectivity index (χ1n) is 8.36. The van der Waals surface area contributed by atoms with E-state index >= 15 is 0 Å². The van der Waals surface area contributed by atoms with Crippen molar-refractivity contribution in [1.82, 2.24) is 4.90 Å². The molecule has 0 fully saturated rings. The predicted octanol–water partition coefficient (Wildman–Crippen LogP) is 4.22. The van der Waals surface area contributed by atoms with Crippen LogP contribution in [-0.2, 0) is 23.2 Å². The molecule has 1 amide bonds. The average Bonchev–Trinajstić information content (AvgIpc) is 3.15. The Hall–Kier alpha value is -2.58. The van der Waals surface area contributed by atoms with Gasteiger partial charge in [0, 0.05) is 16.6 Å². The minimum atomic E-state index is -3.58. The molecular weight excluding hydrogens is 446 g/mol. The maximum Gasteiger partial charge on any atom is 0.306 e. The molecule has 28 heavy (non-hydrogen) atoms.